The lowest BCUT2D eigenvalue weighted by Crippen LogP contribution is -2.22. The molecule has 0 fully saturated rings. The maximum Gasteiger partial charge on any atom is 0.325 e. The Bertz CT molecular complexity index is 1050. The van der Waals surface area contributed by atoms with Gasteiger partial charge in [0.2, 0.25) is 0 Å². The molecule has 0 saturated heterocycles. The minimum atomic E-state index is -0.461. The van der Waals surface area contributed by atoms with Gasteiger partial charge >= 0.3 is 5.97 Å². The van der Waals surface area contributed by atoms with Crippen molar-refractivity contribution < 1.29 is 23.8 Å². The second-order valence-electron chi connectivity index (χ2n) is 5.53. The molecule has 27 heavy (non-hydrogen) atoms. The maximum absolute atomic E-state index is 12.7. The monoisotopic (exact) mass is 386 g/mol. The fraction of sp³-hybridized carbons (Fsp3) is 0.211. The van der Waals surface area contributed by atoms with Gasteiger partial charge in [0.1, 0.15) is 18.0 Å². The van der Waals surface area contributed by atoms with Gasteiger partial charge in [-0.05, 0) is 24.3 Å². The number of amides is 1. The van der Waals surface area contributed by atoms with Gasteiger partial charge in [0.05, 0.1) is 31.5 Å². The number of aromatic nitrogens is 1. The highest BCUT2D eigenvalue weighted by atomic mass is 32.1. The minimum Gasteiger partial charge on any atom is -0.497 e. The SMILES string of the molecule is COC(=O)Cn1c(=NC(=O)c2cc(OC)cc(OC)c2)sc2ccccc21. The second kappa shape index (κ2) is 8.05. The Morgan fingerprint density at radius 1 is 1.04 bits per heavy atom. The van der Waals surface area contributed by atoms with E-state index in [1.165, 1.54) is 32.7 Å². The van der Waals surface area contributed by atoms with Crippen LogP contribution in [0.25, 0.3) is 10.2 Å². The van der Waals surface area contributed by atoms with Crippen molar-refractivity contribution in [3.05, 3.63) is 52.8 Å². The van der Waals surface area contributed by atoms with Gasteiger partial charge in [-0.25, -0.2) is 0 Å². The highest BCUT2D eigenvalue weighted by molar-refractivity contribution is 7.16. The molecule has 3 rings (SSSR count). The molecule has 1 heterocycles. The third kappa shape index (κ3) is 4.01. The summed E-state index contributed by atoms with van der Waals surface area (Å²) < 4.78 is 17.7. The quantitative estimate of drug-likeness (QED) is 0.630. The van der Waals surface area contributed by atoms with E-state index in [0.717, 1.165) is 10.2 Å². The third-order valence-electron chi connectivity index (χ3n) is 3.90. The topological polar surface area (TPSA) is 79.1 Å². The van der Waals surface area contributed by atoms with E-state index in [-0.39, 0.29) is 6.54 Å². The Labute approximate surface area is 159 Å². The van der Waals surface area contributed by atoms with Crippen molar-refractivity contribution in [2.75, 3.05) is 21.3 Å². The van der Waals surface area contributed by atoms with E-state index >= 15 is 0 Å². The lowest BCUT2D eigenvalue weighted by atomic mass is 10.2. The summed E-state index contributed by atoms with van der Waals surface area (Å²) in [7, 11) is 4.34. The van der Waals surface area contributed by atoms with E-state index in [1.54, 1.807) is 22.8 Å². The largest absolute Gasteiger partial charge is 0.497 e. The van der Waals surface area contributed by atoms with Crippen LogP contribution in [0, 0.1) is 0 Å². The Kier molecular flexibility index (Phi) is 5.56. The number of carbonyl (C=O) groups excluding carboxylic acids is 2. The van der Waals surface area contributed by atoms with Gasteiger partial charge in [0.15, 0.2) is 4.80 Å². The van der Waals surface area contributed by atoms with Gasteiger partial charge in [0, 0.05) is 11.6 Å². The number of rotatable bonds is 5. The van der Waals surface area contributed by atoms with Crippen LogP contribution in [0.5, 0.6) is 11.5 Å². The van der Waals surface area contributed by atoms with Gasteiger partial charge in [-0.3, -0.25) is 9.59 Å². The first-order chi connectivity index (χ1) is 13.0. The van der Waals surface area contributed by atoms with Crippen LogP contribution in [0.15, 0.2) is 47.5 Å². The van der Waals surface area contributed by atoms with E-state index in [0.29, 0.717) is 21.9 Å². The normalized spacial score (nSPS) is 11.4. The summed E-state index contributed by atoms with van der Waals surface area (Å²) in [6, 6.07) is 12.4. The number of carbonyl (C=O) groups is 2. The van der Waals surface area contributed by atoms with Crippen LogP contribution >= 0.6 is 11.3 Å². The molecule has 0 atom stereocenters. The molecule has 3 aromatic rings. The van der Waals surface area contributed by atoms with Gasteiger partial charge < -0.3 is 18.8 Å². The Morgan fingerprint density at radius 2 is 1.70 bits per heavy atom. The molecule has 0 radical (unpaired) electrons. The summed E-state index contributed by atoms with van der Waals surface area (Å²) in [6.45, 7) is -0.0337. The number of hydrogen-bond donors (Lipinski definition) is 0. The Balaban J connectivity index is 2.11. The predicted octanol–water partition coefficient (Wildman–Crippen LogP) is 2.63. The molecule has 140 valence electrons. The van der Waals surface area contributed by atoms with Crippen molar-refractivity contribution in [3.63, 3.8) is 0 Å². The van der Waals surface area contributed by atoms with Crippen LogP contribution in [-0.4, -0.2) is 37.8 Å². The van der Waals surface area contributed by atoms with Gasteiger partial charge in [-0.2, -0.15) is 4.99 Å². The standard InChI is InChI=1S/C19H18N2O5S/c1-24-13-8-12(9-14(10-13)25-2)18(23)20-19-21(11-17(22)26-3)15-6-4-5-7-16(15)27-19/h4-10H,11H2,1-3H3. The molecule has 7 nitrogen and oxygen atoms in total. The van der Waals surface area contributed by atoms with Crippen LogP contribution in [-0.2, 0) is 16.1 Å². The number of thiazole rings is 1. The number of para-hydroxylation sites is 1. The van der Waals surface area contributed by atoms with Crippen molar-refractivity contribution in [2.24, 2.45) is 4.99 Å². The fourth-order valence-electron chi connectivity index (χ4n) is 2.53. The van der Waals surface area contributed by atoms with Crippen LogP contribution in [0.4, 0.5) is 0 Å². The highest BCUT2D eigenvalue weighted by Crippen LogP contribution is 2.23. The van der Waals surface area contributed by atoms with Crippen LogP contribution in [0.3, 0.4) is 0 Å². The molecular weight excluding hydrogens is 368 g/mol. The lowest BCUT2D eigenvalue weighted by molar-refractivity contribution is -0.141. The van der Waals surface area contributed by atoms with E-state index in [4.69, 9.17) is 14.2 Å². The smallest absolute Gasteiger partial charge is 0.325 e. The number of methoxy groups -OCH3 is 3. The molecule has 8 heteroatoms. The average Bonchev–Trinajstić information content (AvgIpc) is 3.04. The van der Waals surface area contributed by atoms with Crippen LogP contribution < -0.4 is 14.3 Å². The zero-order valence-corrected chi connectivity index (χ0v) is 15.9. The number of ether oxygens (including phenoxy) is 3. The molecule has 0 spiro atoms. The van der Waals surface area contributed by atoms with Crippen molar-refractivity contribution in [3.8, 4) is 11.5 Å². The molecular formula is C19H18N2O5S. The van der Waals surface area contributed by atoms with Gasteiger partial charge in [-0.15, -0.1) is 0 Å². The molecule has 2 aromatic carbocycles. The molecule has 0 bridgehead atoms. The summed E-state index contributed by atoms with van der Waals surface area (Å²) in [5, 5.41) is 0. The molecule has 0 aliphatic heterocycles. The van der Waals surface area contributed by atoms with Gasteiger partial charge in [0.25, 0.3) is 5.91 Å². The Morgan fingerprint density at radius 3 is 2.33 bits per heavy atom. The number of hydrogen-bond acceptors (Lipinski definition) is 6. The van der Waals surface area contributed by atoms with Crippen molar-refractivity contribution in [2.45, 2.75) is 6.54 Å². The molecule has 0 saturated carbocycles. The van der Waals surface area contributed by atoms with Crippen molar-refractivity contribution in [1.29, 1.82) is 0 Å². The lowest BCUT2D eigenvalue weighted by Gasteiger charge is -2.06. The summed E-state index contributed by atoms with van der Waals surface area (Å²) in [6.07, 6.45) is 0. The minimum absolute atomic E-state index is 0.0337. The first-order valence-corrected chi connectivity index (χ1v) is 8.84. The van der Waals surface area contributed by atoms with E-state index in [2.05, 4.69) is 4.99 Å². The summed E-state index contributed by atoms with van der Waals surface area (Å²) in [5.41, 5.74) is 1.14. The molecule has 1 amide bonds. The zero-order chi connectivity index (χ0) is 19.4. The van der Waals surface area contributed by atoms with E-state index < -0.39 is 11.9 Å². The van der Waals surface area contributed by atoms with Crippen LogP contribution in [0.2, 0.25) is 0 Å². The number of fused-ring (bicyclic) bond motifs is 1. The zero-order valence-electron chi connectivity index (χ0n) is 15.1. The number of benzene rings is 2. The number of nitrogens with zero attached hydrogens (tertiary/aromatic N) is 2. The number of esters is 1. The first-order valence-electron chi connectivity index (χ1n) is 8.03. The highest BCUT2D eigenvalue weighted by Gasteiger charge is 2.13. The van der Waals surface area contributed by atoms with Gasteiger partial charge in [-0.1, -0.05) is 23.5 Å². The summed E-state index contributed by atoms with van der Waals surface area (Å²) >= 11 is 1.32. The predicted molar refractivity (Wildman–Crippen MR) is 101 cm³/mol. The maximum atomic E-state index is 12.7. The molecule has 0 unspecified atom stereocenters. The second-order valence-corrected chi connectivity index (χ2v) is 6.54. The molecule has 0 aliphatic rings. The van der Waals surface area contributed by atoms with E-state index in [1.807, 2.05) is 24.3 Å². The van der Waals surface area contributed by atoms with E-state index in [9.17, 15) is 9.59 Å². The molecule has 0 N–H and O–H groups in total. The van der Waals surface area contributed by atoms with Crippen molar-refractivity contribution >= 4 is 33.4 Å². The average molecular weight is 386 g/mol. The van der Waals surface area contributed by atoms with Crippen molar-refractivity contribution in [1.82, 2.24) is 4.57 Å². The Hall–Kier alpha value is -3.13. The van der Waals surface area contributed by atoms with Crippen LogP contribution in [0.1, 0.15) is 10.4 Å². The summed E-state index contributed by atoms with van der Waals surface area (Å²) in [5.74, 6) is 0.103. The molecule has 0 aliphatic carbocycles. The molecule has 1 aromatic heterocycles. The summed E-state index contributed by atoms with van der Waals surface area (Å²) in [4.78, 5) is 29.2. The fourth-order valence-corrected chi connectivity index (χ4v) is 3.56. The first kappa shape index (κ1) is 18.7. The third-order valence-corrected chi connectivity index (χ3v) is 4.96.